The van der Waals surface area contributed by atoms with E-state index in [9.17, 15) is 31.1 Å². The van der Waals surface area contributed by atoms with E-state index in [-0.39, 0.29) is 5.91 Å². The molecule has 2 aromatic rings. The summed E-state index contributed by atoms with van der Waals surface area (Å²) in [5.41, 5.74) is 2.69. The van der Waals surface area contributed by atoms with Gasteiger partial charge in [0.1, 0.15) is 11.5 Å². The van der Waals surface area contributed by atoms with Gasteiger partial charge in [-0.25, -0.2) is 9.59 Å². The van der Waals surface area contributed by atoms with Gasteiger partial charge in [-0.15, -0.1) is 0 Å². The second-order valence-electron chi connectivity index (χ2n) is 8.39. The van der Waals surface area contributed by atoms with Crippen LogP contribution < -0.4 is 0 Å². The number of aromatic nitrogens is 2. The van der Waals surface area contributed by atoms with Crippen molar-refractivity contribution >= 4 is 17.8 Å². The second-order valence-corrected chi connectivity index (χ2v) is 8.39. The van der Waals surface area contributed by atoms with E-state index in [1.165, 1.54) is 0 Å². The zero-order valence-corrected chi connectivity index (χ0v) is 20.2. The van der Waals surface area contributed by atoms with Crippen LogP contribution in [0.3, 0.4) is 0 Å². The van der Waals surface area contributed by atoms with Gasteiger partial charge >= 0.3 is 24.3 Å². The van der Waals surface area contributed by atoms with Crippen molar-refractivity contribution in [1.29, 1.82) is 0 Å². The molecule has 0 saturated carbocycles. The van der Waals surface area contributed by atoms with E-state index in [1.807, 2.05) is 24.0 Å². The maximum absolute atomic E-state index is 12.8. The molecule has 3 N–H and O–H groups in total. The van der Waals surface area contributed by atoms with E-state index in [4.69, 9.17) is 24.2 Å². The summed E-state index contributed by atoms with van der Waals surface area (Å²) in [6, 6.07) is 3.99. The van der Waals surface area contributed by atoms with Crippen molar-refractivity contribution in [3.05, 3.63) is 40.6 Å². The number of alkyl halides is 6. The number of furan rings is 1. The fourth-order valence-corrected chi connectivity index (χ4v) is 3.44. The number of nitrogens with one attached hydrogen (secondary N) is 1. The molecule has 0 spiro atoms. The highest BCUT2D eigenvalue weighted by molar-refractivity contribution is 5.94. The summed E-state index contributed by atoms with van der Waals surface area (Å²) in [4.78, 5) is 37.0. The molecule has 1 amide bonds. The molecule has 17 heteroatoms. The first-order valence-corrected chi connectivity index (χ1v) is 10.9. The van der Waals surface area contributed by atoms with Crippen molar-refractivity contribution in [2.75, 3.05) is 33.2 Å². The second kappa shape index (κ2) is 12.3. The van der Waals surface area contributed by atoms with Crippen molar-refractivity contribution in [2.24, 2.45) is 0 Å². The number of rotatable bonds is 3. The zero-order valence-electron chi connectivity index (χ0n) is 20.2. The maximum atomic E-state index is 12.8. The van der Waals surface area contributed by atoms with Crippen molar-refractivity contribution < 1.29 is 55.4 Å². The zero-order chi connectivity index (χ0) is 28.8. The van der Waals surface area contributed by atoms with Crippen LogP contribution in [-0.4, -0.2) is 98.5 Å². The Morgan fingerprint density at radius 1 is 0.974 bits per heavy atom. The Bertz CT molecular complexity index is 1100. The van der Waals surface area contributed by atoms with E-state index >= 15 is 0 Å². The predicted molar refractivity (Wildman–Crippen MR) is 116 cm³/mol. The largest absolute Gasteiger partial charge is 0.490 e. The van der Waals surface area contributed by atoms with Gasteiger partial charge in [-0.3, -0.25) is 14.8 Å². The summed E-state index contributed by atoms with van der Waals surface area (Å²) in [6.07, 6.45) is -10.2. The molecule has 2 aliphatic rings. The fraction of sp³-hybridized carbons (Fsp3) is 0.524. The first-order chi connectivity index (χ1) is 17.5. The molecule has 1 fully saturated rings. The highest BCUT2D eigenvalue weighted by Crippen LogP contribution is 2.26. The van der Waals surface area contributed by atoms with E-state index in [0.717, 1.165) is 68.6 Å². The predicted octanol–water partition coefficient (Wildman–Crippen LogP) is 2.48. The minimum atomic E-state index is -5.08. The highest BCUT2D eigenvalue weighted by atomic mass is 19.4. The number of hydrogen-bond donors (Lipinski definition) is 3. The molecule has 0 aromatic carbocycles. The molecule has 0 bridgehead atoms. The lowest BCUT2D eigenvalue weighted by molar-refractivity contribution is -0.193. The number of fused-ring (bicyclic) bond motifs is 1. The summed E-state index contributed by atoms with van der Waals surface area (Å²) in [5, 5.41) is 21.6. The molecular weight excluding hydrogens is 532 g/mol. The van der Waals surface area contributed by atoms with Crippen LogP contribution in [0.4, 0.5) is 26.3 Å². The number of aromatic amines is 1. The van der Waals surface area contributed by atoms with Crippen LogP contribution in [0, 0.1) is 6.92 Å². The number of hydrogen-bond acceptors (Lipinski definition) is 7. The number of aliphatic carboxylic acids is 2. The SMILES string of the molecule is Cc1ccc(CN2Cc3[nH]nc(C(=O)N4CCN(C)CC4)c3C2)o1.O=C(O)C(F)(F)F.O=C(O)C(F)(F)F. The van der Waals surface area contributed by atoms with Crippen molar-refractivity contribution in [1.82, 2.24) is 24.9 Å². The van der Waals surface area contributed by atoms with Gasteiger partial charge in [0, 0.05) is 44.8 Å². The lowest BCUT2D eigenvalue weighted by Gasteiger charge is -2.32. The van der Waals surface area contributed by atoms with Crippen LogP contribution in [-0.2, 0) is 29.2 Å². The quantitative estimate of drug-likeness (QED) is 0.485. The molecule has 0 atom stereocenters. The van der Waals surface area contributed by atoms with Gasteiger partial charge in [0.2, 0.25) is 0 Å². The molecule has 0 unspecified atom stereocenters. The van der Waals surface area contributed by atoms with Gasteiger partial charge in [0.25, 0.3) is 5.91 Å². The van der Waals surface area contributed by atoms with Crippen molar-refractivity contribution in [3.8, 4) is 0 Å². The number of H-pyrrole nitrogens is 1. The smallest absolute Gasteiger partial charge is 0.475 e. The monoisotopic (exact) mass is 557 g/mol. The Hall–Kier alpha value is -3.60. The summed E-state index contributed by atoms with van der Waals surface area (Å²) >= 11 is 0. The van der Waals surface area contributed by atoms with Crippen LogP contribution in [0.5, 0.6) is 0 Å². The molecule has 212 valence electrons. The first-order valence-electron chi connectivity index (χ1n) is 10.9. The van der Waals surface area contributed by atoms with Crippen molar-refractivity contribution in [3.63, 3.8) is 0 Å². The van der Waals surface area contributed by atoms with Crippen molar-refractivity contribution in [2.45, 2.75) is 38.9 Å². The maximum Gasteiger partial charge on any atom is 0.490 e. The molecule has 4 rings (SSSR count). The number of carbonyl (C=O) groups excluding carboxylic acids is 1. The number of piperazine rings is 1. The van der Waals surface area contributed by atoms with Crippen LogP contribution in [0.25, 0.3) is 0 Å². The van der Waals surface area contributed by atoms with E-state index in [0.29, 0.717) is 5.69 Å². The highest BCUT2D eigenvalue weighted by Gasteiger charge is 2.39. The minimum absolute atomic E-state index is 0.0521. The van der Waals surface area contributed by atoms with E-state index < -0.39 is 24.3 Å². The standard InChI is InChI=1S/C17H23N5O2.2C2HF3O2/c1-12-3-4-13(24-12)9-21-10-14-15(11-21)18-19-16(14)17(23)22-7-5-20(2)6-8-22;2*3-2(4,5)1(6)7/h3-4H,5-11H2,1-2H3,(H,18,19);2*(H,6,7). The summed E-state index contributed by atoms with van der Waals surface area (Å²) in [5.74, 6) is -3.58. The molecule has 2 aromatic heterocycles. The number of carboxylic acids is 2. The molecule has 1 saturated heterocycles. The summed E-state index contributed by atoms with van der Waals surface area (Å²) < 4.78 is 69.1. The van der Waals surface area contributed by atoms with E-state index in [2.05, 4.69) is 27.0 Å². The molecular formula is C21H25F6N5O6. The average Bonchev–Trinajstić information content (AvgIpc) is 3.49. The minimum Gasteiger partial charge on any atom is -0.475 e. The molecule has 4 heterocycles. The number of carbonyl (C=O) groups is 3. The van der Waals surface area contributed by atoms with Gasteiger partial charge in [-0.1, -0.05) is 0 Å². The van der Waals surface area contributed by atoms with Crippen LogP contribution in [0.1, 0.15) is 33.3 Å². The lowest BCUT2D eigenvalue weighted by Crippen LogP contribution is -2.47. The Labute approximate surface area is 211 Å². The summed E-state index contributed by atoms with van der Waals surface area (Å²) in [7, 11) is 2.09. The van der Waals surface area contributed by atoms with Gasteiger partial charge < -0.3 is 24.4 Å². The molecule has 11 nitrogen and oxygen atoms in total. The average molecular weight is 557 g/mol. The number of nitrogens with zero attached hydrogens (tertiary/aromatic N) is 4. The lowest BCUT2D eigenvalue weighted by atomic mass is 10.2. The number of amides is 1. The van der Waals surface area contributed by atoms with Gasteiger partial charge in [-0.2, -0.15) is 31.4 Å². The van der Waals surface area contributed by atoms with Gasteiger partial charge in [-0.05, 0) is 26.1 Å². The Morgan fingerprint density at radius 2 is 1.50 bits per heavy atom. The number of likely N-dealkylation sites (N-methyl/N-ethyl adjacent to an activating group) is 1. The van der Waals surface area contributed by atoms with E-state index in [1.54, 1.807) is 0 Å². The Kier molecular flexibility index (Phi) is 9.91. The third-order valence-electron chi connectivity index (χ3n) is 5.37. The van der Waals surface area contributed by atoms with Crippen LogP contribution in [0.2, 0.25) is 0 Å². The molecule has 2 aliphatic heterocycles. The third-order valence-corrected chi connectivity index (χ3v) is 5.37. The van der Waals surface area contributed by atoms with Gasteiger partial charge in [0.15, 0.2) is 5.69 Å². The topological polar surface area (TPSA) is 143 Å². The number of carboxylic acid groups (broad SMARTS) is 2. The molecule has 0 radical (unpaired) electrons. The molecule has 38 heavy (non-hydrogen) atoms. The molecule has 0 aliphatic carbocycles. The Morgan fingerprint density at radius 3 is 1.95 bits per heavy atom. The van der Waals surface area contributed by atoms with Crippen LogP contribution in [0.15, 0.2) is 16.5 Å². The third kappa shape index (κ3) is 8.76. The normalized spacial score (nSPS) is 16.2. The number of halogens is 6. The number of aryl methyl sites for hydroxylation is 1. The summed E-state index contributed by atoms with van der Waals surface area (Å²) in [6.45, 7) is 7.59. The Balaban J connectivity index is 0.000000301. The fourth-order valence-electron chi connectivity index (χ4n) is 3.44. The first kappa shape index (κ1) is 30.6. The van der Waals surface area contributed by atoms with Gasteiger partial charge in [0.05, 0.1) is 12.2 Å². The van der Waals surface area contributed by atoms with Crippen LogP contribution >= 0.6 is 0 Å².